The van der Waals surface area contributed by atoms with Crippen LogP contribution in [-0.2, 0) is 6.54 Å². The Morgan fingerprint density at radius 2 is 1.55 bits per heavy atom. The largest absolute Gasteiger partial charge is 0.351 e. The zero-order chi connectivity index (χ0) is 19.6. The molecule has 2 N–H and O–H groups in total. The minimum absolute atomic E-state index is 0.732. The molecular formula is C24H24ClN4+. The first kappa shape index (κ1) is 18.2. The third kappa shape index (κ3) is 3.86. The van der Waals surface area contributed by atoms with Crippen LogP contribution in [-0.4, -0.2) is 41.5 Å². The second kappa shape index (κ2) is 7.90. The lowest BCUT2D eigenvalue weighted by molar-refractivity contribution is -0.539. The highest BCUT2D eigenvalue weighted by molar-refractivity contribution is 6.31. The molecule has 3 aromatic rings. The number of nitrogens with zero attached hydrogens (tertiary/aromatic N) is 2. The molecule has 4 nitrogen and oxygen atoms in total. The molecule has 0 bridgehead atoms. The highest BCUT2D eigenvalue weighted by Crippen LogP contribution is 2.33. The molecule has 29 heavy (non-hydrogen) atoms. The Morgan fingerprint density at radius 3 is 2.38 bits per heavy atom. The molecule has 1 fully saturated rings. The van der Waals surface area contributed by atoms with E-state index < -0.39 is 0 Å². The molecule has 0 radical (unpaired) electrons. The quantitative estimate of drug-likeness (QED) is 0.603. The number of halogens is 1. The van der Waals surface area contributed by atoms with Crippen LogP contribution in [0.4, 0.5) is 17.1 Å². The number of piperazine rings is 1. The molecule has 3 aromatic carbocycles. The Bertz CT molecular complexity index is 1050. The molecule has 0 aliphatic carbocycles. The lowest BCUT2D eigenvalue weighted by atomic mass is 10.1. The topological polar surface area (TPSA) is 30.3 Å². The molecule has 146 valence electrons. The summed E-state index contributed by atoms with van der Waals surface area (Å²) in [5, 5.41) is 7.96. The van der Waals surface area contributed by atoms with Crippen molar-refractivity contribution in [3.05, 3.63) is 88.9 Å². The average Bonchev–Trinajstić information content (AvgIpc) is 2.92. The minimum atomic E-state index is 0.732. The van der Waals surface area contributed by atoms with Crippen LogP contribution in [0, 0.1) is 0 Å². The predicted octanol–water partition coefficient (Wildman–Crippen LogP) is 4.78. The predicted molar refractivity (Wildman–Crippen MR) is 121 cm³/mol. The van der Waals surface area contributed by atoms with Crippen LogP contribution in [0.3, 0.4) is 0 Å². The van der Waals surface area contributed by atoms with Crippen LogP contribution in [0.5, 0.6) is 0 Å². The van der Waals surface area contributed by atoms with Crippen LogP contribution in [0.2, 0.25) is 5.02 Å². The van der Waals surface area contributed by atoms with Gasteiger partial charge in [0.1, 0.15) is 5.69 Å². The first-order valence-electron chi connectivity index (χ1n) is 10.1. The van der Waals surface area contributed by atoms with E-state index in [9.17, 15) is 0 Å². The van der Waals surface area contributed by atoms with Gasteiger partial charge < -0.3 is 5.32 Å². The van der Waals surface area contributed by atoms with E-state index in [0.717, 1.165) is 60.6 Å². The Morgan fingerprint density at radius 1 is 0.793 bits per heavy atom. The SMILES string of the molecule is Clc1ccc2c(c1)NC(=[N+]1CCN(Cc3ccccc3)CC1)c1ccccc1N2. The van der Waals surface area contributed by atoms with E-state index in [2.05, 4.69) is 74.7 Å². The number of rotatable bonds is 2. The summed E-state index contributed by atoms with van der Waals surface area (Å²) >= 11 is 6.27. The van der Waals surface area contributed by atoms with Crippen molar-refractivity contribution in [3.8, 4) is 0 Å². The van der Waals surface area contributed by atoms with Crippen molar-refractivity contribution in [1.29, 1.82) is 0 Å². The summed E-state index contributed by atoms with van der Waals surface area (Å²) in [6.45, 7) is 5.06. The molecule has 2 aliphatic heterocycles. The summed E-state index contributed by atoms with van der Waals surface area (Å²) in [5.41, 5.74) is 5.73. The number of anilines is 3. The Balaban J connectivity index is 1.44. The molecule has 0 amide bonds. The van der Waals surface area contributed by atoms with Gasteiger partial charge in [-0.15, -0.1) is 0 Å². The third-order valence-corrected chi connectivity index (χ3v) is 5.86. The number of hydrogen-bond acceptors (Lipinski definition) is 2. The van der Waals surface area contributed by atoms with Crippen molar-refractivity contribution < 1.29 is 4.58 Å². The molecule has 0 saturated carbocycles. The van der Waals surface area contributed by atoms with Crippen LogP contribution in [0.25, 0.3) is 0 Å². The van der Waals surface area contributed by atoms with E-state index >= 15 is 0 Å². The summed E-state index contributed by atoms with van der Waals surface area (Å²) in [6.07, 6.45) is 0. The molecule has 1 saturated heterocycles. The second-order valence-corrected chi connectivity index (χ2v) is 8.02. The number of para-hydroxylation sites is 1. The highest BCUT2D eigenvalue weighted by atomic mass is 35.5. The van der Waals surface area contributed by atoms with Crippen LogP contribution >= 0.6 is 11.6 Å². The maximum atomic E-state index is 6.27. The van der Waals surface area contributed by atoms with Crippen molar-refractivity contribution in [2.24, 2.45) is 0 Å². The van der Waals surface area contributed by atoms with Crippen molar-refractivity contribution >= 4 is 34.5 Å². The van der Waals surface area contributed by atoms with Gasteiger partial charge in [-0.2, -0.15) is 0 Å². The summed E-state index contributed by atoms with van der Waals surface area (Å²) < 4.78 is 2.46. The van der Waals surface area contributed by atoms with Gasteiger partial charge in [0.25, 0.3) is 5.84 Å². The molecule has 2 aliphatic rings. The van der Waals surface area contributed by atoms with Gasteiger partial charge in [0.05, 0.1) is 30.0 Å². The number of fused-ring (bicyclic) bond motifs is 2. The standard InChI is InChI=1S/C24H23ClN4/c25-19-10-11-22-23(16-19)27-24(20-8-4-5-9-21(20)26-22)29-14-12-28(13-15-29)17-18-6-2-1-3-7-18/h1-11,16H,12-15,17H2,(H,26,27)/p+1. The van der Waals surface area contributed by atoms with E-state index in [1.54, 1.807) is 0 Å². The molecule has 0 spiro atoms. The first-order valence-corrected chi connectivity index (χ1v) is 10.5. The third-order valence-electron chi connectivity index (χ3n) is 5.62. The fourth-order valence-corrected chi connectivity index (χ4v) is 4.26. The number of amidine groups is 1. The summed E-state index contributed by atoms with van der Waals surface area (Å²) in [4.78, 5) is 2.53. The van der Waals surface area contributed by atoms with Crippen molar-refractivity contribution in [3.63, 3.8) is 0 Å². The van der Waals surface area contributed by atoms with E-state index in [0.29, 0.717) is 0 Å². The van der Waals surface area contributed by atoms with E-state index in [1.165, 1.54) is 11.1 Å². The average molecular weight is 404 g/mol. The van der Waals surface area contributed by atoms with E-state index in [4.69, 9.17) is 11.6 Å². The molecule has 0 aromatic heterocycles. The monoisotopic (exact) mass is 403 g/mol. The van der Waals surface area contributed by atoms with Crippen LogP contribution in [0.15, 0.2) is 72.8 Å². The summed E-state index contributed by atoms with van der Waals surface area (Å²) in [7, 11) is 0. The van der Waals surface area contributed by atoms with Crippen LogP contribution < -0.4 is 10.6 Å². The Labute approximate surface area is 176 Å². The normalized spacial score (nSPS) is 16.3. The van der Waals surface area contributed by atoms with Gasteiger partial charge in [-0.1, -0.05) is 54.1 Å². The van der Waals surface area contributed by atoms with Gasteiger partial charge in [-0.05, 0) is 29.8 Å². The maximum absolute atomic E-state index is 6.27. The van der Waals surface area contributed by atoms with Gasteiger partial charge in [0.2, 0.25) is 0 Å². The fourth-order valence-electron chi connectivity index (χ4n) is 4.09. The van der Waals surface area contributed by atoms with Crippen molar-refractivity contribution in [2.45, 2.75) is 6.54 Å². The van der Waals surface area contributed by atoms with Gasteiger partial charge in [-0.3, -0.25) is 9.48 Å². The lowest BCUT2D eigenvalue weighted by Gasteiger charge is -2.28. The molecular weight excluding hydrogens is 380 g/mol. The van der Waals surface area contributed by atoms with Gasteiger partial charge in [0.15, 0.2) is 0 Å². The van der Waals surface area contributed by atoms with E-state index in [-0.39, 0.29) is 0 Å². The van der Waals surface area contributed by atoms with Gasteiger partial charge in [0, 0.05) is 30.7 Å². The Kier molecular flexibility index (Phi) is 4.96. The van der Waals surface area contributed by atoms with Gasteiger partial charge in [-0.25, -0.2) is 5.32 Å². The molecule has 0 unspecified atom stereocenters. The second-order valence-electron chi connectivity index (χ2n) is 7.58. The highest BCUT2D eigenvalue weighted by Gasteiger charge is 2.28. The number of hydrogen-bond donors (Lipinski definition) is 2. The number of nitrogens with one attached hydrogen (secondary N) is 2. The smallest absolute Gasteiger partial charge is 0.284 e. The summed E-state index contributed by atoms with van der Waals surface area (Å²) in [6, 6.07) is 25.1. The lowest BCUT2D eigenvalue weighted by Crippen LogP contribution is -2.45. The molecule has 2 heterocycles. The summed E-state index contributed by atoms with van der Waals surface area (Å²) in [5.74, 6) is 1.15. The fraction of sp³-hybridized carbons (Fsp3) is 0.208. The van der Waals surface area contributed by atoms with E-state index in [1.807, 2.05) is 18.2 Å². The molecule has 5 heteroatoms. The van der Waals surface area contributed by atoms with Crippen LogP contribution in [0.1, 0.15) is 11.1 Å². The first-order chi connectivity index (χ1) is 14.3. The molecule has 0 atom stereocenters. The van der Waals surface area contributed by atoms with Crippen molar-refractivity contribution in [2.75, 3.05) is 36.8 Å². The number of benzene rings is 3. The minimum Gasteiger partial charge on any atom is -0.351 e. The van der Waals surface area contributed by atoms with Gasteiger partial charge >= 0.3 is 0 Å². The zero-order valence-corrected chi connectivity index (χ0v) is 17.0. The zero-order valence-electron chi connectivity index (χ0n) is 16.2. The Hall–Kier alpha value is -2.82. The maximum Gasteiger partial charge on any atom is 0.284 e. The van der Waals surface area contributed by atoms with Crippen molar-refractivity contribution in [1.82, 2.24) is 4.90 Å². The molecule has 5 rings (SSSR count).